The van der Waals surface area contributed by atoms with Gasteiger partial charge in [0.2, 0.25) is 0 Å². The maximum absolute atomic E-state index is 6.29. The summed E-state index contributed by atoms with van der Waals surface area (Å²) in [4.78, 5) is 0. The van der Waals surface area contributed by atoms with Gasteiger partial charge in [0, 0.05) is 13.2 Å². The monoisotopic (exact) mass is 344 g/mol. The fourth-order valence-corrected chi connectivity index (χ4v) is 5.62. The summed E-state index contributed by atoms with van der Waals surface area (Å²) in [7, 11) is -1.98. The molecule has 1 atom stereocenters. The van der Waals surface area contributed by atoms with E-state index >= 15 is 0 Å². The van der Waals surface area contributed by atoms with Crippen LogP contribution in [0.1, 0.15) is 85.0 Å². The normalized spacial score (nSPS) is 18.7. The van der Waals surface area contributed by atoms with Crippen LogP contribution < -0.4 is 0 Å². The van der Waals surface area contributed by atoms with E-state index in [1.54, 1.807) is 0 Å². The molecular formula is C19H40O3Si. The molecule has 138 valence electrons. The highest BCUT2D eigenvalue weighted by Gasteiger charge is 2.34. The molecule has 0 radical (unpaired) electrons. The van der Waals surface area contributed by atoms with E-state index < -0.39 is 8.56 Å². The van der Waals surface area contributed by atoms with E-state index in [9.17, 15) is 0 Å². The minimum Gasteiger partial charge on any atom is -0.394 e. The van der Waals surface area contributed by atoms with Gasteiger partial charge in [0.15, 0.2) is 0 Å². The summed E-state index contributed by atoms with van der Waals surface area (Å²) < 4.78 is 18.2. The van der Waals surface area contributed by atoms with Gasteiger partial charge < -0.3 is 13.6 Å². The minimum atomic E-state index is -1.98. The Balaban J connectivity index is 2.09. The standard InChI is InChI=1S/C19H40O3Si/c1-4-7-8-9-10-11-12-13-17-21-23(5-2,6-3)22-18-19-15-14-16-20-19/h19H,4-18H2,1-3H3. The van der Waals surface area contributed by atoms with Crippen molar-refractivity contribution in [2.45, 2.75) is 103 Å². The zero-order valence-corrected chi connectivity index (χ0v) is 16.9. The molecule has 0 N–H and O–H groups in total. The first-order valence-electron chi connectivity index (χ1n) is 10.2. The molecule has 1 unspecified atom stereocenters. The smallest absolute Gasteiger partial charge is 0.337 e. The average molecular weight is 345 g/mol. The predicted molar refractivity (Wildman–Crippen MR) is 100 cm³/mol. The molecule has 0 aromatic carbocycles. The van der Waals surface area contributed by atoms with E-state index in [4.69, 9.17) is 13.6 Å². The maximum atomic E-state index is 6.29. The van der Waals surface area contributed by atoms with E-state index in [0.29, 0.717) is 6.10 Å². The number of ether oxygens (including phenoxy) is 1. The molecule has 23 heavy (non-hydrogen) atoms. The van der Waals surface area contributed by atoms with Crippen LogP contribution in [0.5, 0.6) is 0 Å². The van der Waals surface area contributed by atoms with Crippen molar-refractivity contribution in [2.24, 2.45) is 0 Å². The maximum Gasteiger partial charge on any atom is 0.337 e. The van der Waals surface area contributed by atoms with Gasteiger partial charge in [0.1, 0.15) is 0 Å². The first-order valence-corrected chi connectivity index (χ1v) is 12.4. The molecule has 0 aliphatic carbocycles. The second-order valence-corrected chi connectivity index (χ2v) is 10.7. The number of unbranched alkanes of at least 4 members (excludes halogenated alkanes) is 7. The average Bonchev–Trinajstić information content (AvgIpc) is 3.10. The summed E-state index contributed by atoms with van der Waals surface area (Å²) in [5.41, 5.74) is 0. The van der Waals surface area contributed by atoms with Gasteiger partial charge in [0.25, 0.3) is 0 Å². The molecule has 0 spiro atoms. The Bertz CT molecular complexity index is 263. The fourth-order valence-electron chi connectivity index (χ4n) is 3.21. The van der Waals surface area contributed by atoms with Crippen molar-refractivity contribution >= 4 is 8.56 Å². The molecule has 0 aromatic heterocycles. The largest absolute Gasteiger partial charge is 0.394 e. The molecule has 0 bridgehead atoms. The van der Waals surface area contributed by atoms with Crippen molar-refractivity contribution in [3.05, 3.63) is 0 Å². The zero-order valence-electron chi connectivity index (χ0n) is 15.9. The Morgan fingerprint density at radius 2 is 1.52 bits per heavy atom. The Kier molecular flexibility index (Phi) is 12.3. The summed E-state index contributed by atoms with van der Waals surface area (Å²) in [5.74, 6) is 0. The van der Waals surface area contributed by atoms with Crippen LogP contribution in [0.15, 0.2) is 0 Å². The molecule has 0 saturated carbocycles. The molecule has 1 rings (SSSR count). The summed E-state index contributed by atoms with van der Waals surface area (Å²) in [6.07, 6.45) is 13.4. The molecule has 1 saturated heterocycles. The Hall–Kier alpha value is 0.0969. The lowest BCUT2D eigenvalue weighted by atomic mass is 10.1. The van der Waals surface area contributed by atoms with E-state index in [1.165, 1.54) is 57.8 Å². The van der Waals surface area contributed by atoms with Crippen molar-refractivity contribution in [3.8, 4) is 0 Å². The van der Waals surface area contributed by atoms with Gasteiger partial charge in [-0.15, -0.1) is 0 Å². The van der Waals surface area contributed by atoms with Crippen molar-refractivity contribution < 1.29 is 13.6 Å². The van der Waals surface area contributed by atoms with Crippen molar-refractivity contribution in [1.82, 2.24) is 0 Å². The van der Waals surface area contributed by atoms with Gasteiger partial charge >= 0.3 is 8.56 Å². The zero-order chi connectivity index (χ0) is 16.8. The lowest BCUT2D eigenvalue weighted by Crippen LogP contribution is -2.43. The van der Waals surface area contributed by atoms with Crippen LogP contribution >= 0.6 is 0 Å². The van der Waals surface area contributed by atoms with Crippen LogP contribution in [0, 0.1) is 0 Å². The van der Waals surface area contributed by atoms with Gasteiger partial charge in [-0.1, -0.05) is 65.7 Å². The number of hydrogen-bond donors (Lipinski definition) is 0. The highest BCUT2D eigenvalue weighted by atomic mass is 28.4. The molecule has 0 amide bonds. The van der Waals surface area contributed by atoms with E-state index in [1.807, 2.05) is 0 Å². The third kappa shape index (κ3) is 9.23. The van der Waals surface area contributed by atoms with Crippen LogP contribution in [-0.4, -0.2) is 34.5 Å². The topological polar surface area (TPSA) is 27.7 Å². The minimum absolute atomic E-state index is 0.312. The Morgan fingerprint density at radius 3 is 2.09 bits per heavy atom. The predicted octanol–water partition coefficient (Wildman–Crippen LogP) is 5.82. The SMILES string of the molecule is CCCCCCCCCCO[Si](CC)(CC)OCC1CCCO1. The van der Waals surface area contributed by atoms with Crippen LogP contribution in [-0.2, 0) is 13.6 Å². The summed E-state index contributed by atoms with van der Waals surface area (Å²) in [6, 6.07) is 2.10. The van der Waals surface area contributed by atoms with Gasteiger partial charge in [-0.25, -0.2) is 0 Å². The third-order valence-corrected chi connectivity index (χ3v) is 8.57. The molecule has 1 aliphatic heterocycles. The fraction of sp³-hybridized carbons (Fsp3) is 1.00. The van der Waals surface area contributed by atoms with Crippen molar-refractivity contribution in [3.63, 3.8) is 0 Å². The molecule has 3 nitrogen and oxygen atoms in total. The van der Waals surface area contributed by atoms with Crippen LogP contribution in [0.3, 0.4) is 0 Å². The summed E-state index contributed by atoms with van der Waals surface area (Å²) in [5, 5.41) is 0. The van der Waals surface area contributed by atoms with E-state index in [-0.39, 0.29) is 0 Å². The second-order valence-electron chi connectivity index (χ2n) is 6.89. The Morgan fingerprint density at radius 1 is 0.870 bits per heavy atom. The van der Waals surface area contributed by atoms with Crippen LogP contribution in [0.2, 0.25) is 12.1 Å². The van der Waals surface area contributed by atoms with Gasteiger partial charge in [0.05, 0.1) is 12.7 Å². The quantitative estimate of drug-likeness (QED) is 0.277. The van der Waals surface area contributed by atoms with Crippen molar-refractivity contribution in [1.29, 1.82) is 0 Å². The molecule has 1 aliphatic rings. The molecular weight excluding hydrogens is 304 g/mol. The van der Waals surface area contributed by atoms with Gasteiger partial charge in [-0.2, -0.15) is 0 Å². The summed E-state index contributed by atoms with van der Waals surface area (Å²) >= 11 is 0. The van der Waals surface area contributed by atoms with E-state index in [2.05, 4.69) is 20.8 Å². The number of rotatable bonds is 15. The highest BCUT2D eigenvalue weighted by Crippen LogP contribution is 2.22. The van der Waals surface area contributed by atoms with Crippen LogP contribution in [0.25, 0.3) is 0 Å². The van der Waals surface area contributed by atoms with Gasteiger partial charge in [-0.05, 0) is 31.4 Å². The third-order valence-electron chi connectivity index (χ3n) is 5.00. The molecule has 0 aromatic rings. The molecule has 1 fully saturated rings. The second kappa shape index (κ2) is 13.4. The number of hydrogen-bond acceptors (Lipinski definition) is 3. The molecule has 4 heteroatoms. The van der Waals surface area contributed by atoms with Crippen molar-refractivity contribution in [2.75, 3.05) is 19.8 Å². The van der Waals surface area contributed by atoms with E-state index in [0.717, 1.165) is 38.3 Å². The molecule has 1 heterocycles. The first kappa shape index (κ1) is 21.1. The lowest BCUT2D eigenvalue weighted by Gasteiger charge is -2.30. The summed E-state index contributed by atoms with van der Waals surface area (Å²) in [6.45, 7) is 9.24. The van der Waals surface area contributed by atoms with Crippen LogP contribution in [0.4, 0.5) is 0 Å². The Labute approximate surface area is 145 Å². The first-order chi connectivity index (χ1) is 11.3. The van der Waals surface area contributed by atoms with Gasteiger partial charge in [-0.3, -0.25) is 0 Å². The lowest BCUT2D eigenvalue weighted by molar-refractivity contribution is 0.0479. The highest BCUT2D eigenvalue weighted by molar-refractivity contribution is 6.67.